The second kappa shape index (κ2) is 6.92. The Kier molecular flexibility index (Phi) is 5.65. The number of aromatic nitrogens is 1. The van der Waals surface area contributed by atoms with E-state index in [2.05, 4.69) is 61.0 Å². The van der Waals surface area contributed by atoms with Crippen molar-refractivity contribution in [3.8, 4) is 5.75 Å². The minimum atomic E-state index is 0.156. The van der Waals surface area contributed by atoms with Gasteiger partial charge in [0.05, 0.1) is 15.2 Å². The quantitative estimate of drug-likeness (QED) is 0.508. The Morgan fingerprint density at radius 3 is 2.76 bits per heavy atom. The molecule has 1 unspecified atom stereocenters. The van der Waals surface area contributed by atoms with Crippen LogP contribution in [0.3, 0.4) is 0 Å². The minimum absolute atomic E-state index is 0.156. The highest BCUT2D eigenvalue weighted by molar-refractivity contribution is 14.1. The average molecular weight is 436 g/mol. The molecule has 0 aliphatic rings. The predicted octanol–water partition coefficient (Wildman–Crippen LogP) is 5.46. The van der Waals surface area contributed by atoms with Crippen molar-refractivity contribution in [2.75, 3.05) is 12.4 Å². The zero-order chi connectivity index (χ0) is 15.6. The monoisotopic (exact) mass is 435 g/mol. The van der Waals surface area contributed by atoms with Crippen LogP contribution in [0.25, 0.3) is 10.9 Å². The third kappa shape index (κ3) is 3.96. The molecule has 0 N–H and O–H groups in total. The number of benzene rings is 1. The van der Waals surface area contributed by atoms with E-state index in [-0.39, 0.29) is 5.41 Å². The van der Waals surface area contributed by atoms with Gasteiger partial charge in [0.15, 0.2) is 5.75 Å². The number of rotatable bonds is 4. The molecular weight excluding hydrogens is 417 g/mol. The molecule has 0 aliphatic heterocycles. The van der Waals surface area contributed by atoms with Gasteiger partial charge in [-0.25, -0.2) is 0 Å². The fraction of sp³-hybridized carbons (Fsp3) is 0.438. The van der Waals surface area contributed by atoms with Crippen LogP contribution < -0.4 is 4.74 Å². The van der Waals surface area contributed by atoms with E-state index in [9.17, 15) is 0 Å². The van der Waals surface area contributed by atoms with E-state index in [1.54, 1.807) is 6.20 Å². The molecule has 0 spiro atoms. The average Bonchev–Trinajstić information content (AvgIpc) is 2.41. The molecule has 0 saturated heterocycles. The van der Waals surface area contributed by atoms with Gasteiger partial charge < -0.3 is 4.74 Å². The fourth-order valence-corrected chi connectivity index (χ4v) is 3.87. The van der Waals surface area contributed by atoms with Crippen LogP contribution in [0.5, 0.6) is 5.75 Å². The lowest BCUT2D eigenvalue weighted by atomic mass is 9.82. The second-order valence-electron chi connectivity index (χ2n) is 6.13. The lowest BCUT2D eigenvalue weighted by Gasteiger charge is -2.29. The summed E-state index contributed by atoms with van der Waals surface area (Å²) >= 11 is 13.0. The van der Waals surface area contributed by atoms with Gasteiger partial charge in [-0.1, -0.05) is 32.4 Å². The molecule has 0 bridgehead atoms. The summed E-state index contributed by atoms with van der Waals surface area (Å²) in [4.78, 5) is 4.44. The third-order valence-corrected chi connectivity index (χ3v) is 5.18. The third-order valence-electron chi connectivity index (χ3n) is 3.62. The predicted molar refractivity (Wildman–Crippen MR) is 102 cm³/mol. The zero-order valence-corrected chi connectivity index (χ0v) is 16.2. The largest absolute Gasteiger partial charge is 0.490 e. The van der Waals surface area contributed by atoms with Gasteiger partial charge in [-0.05, 0) is 52.0 Å². The minimum Gasteiger partial charge on any atom is -0.490 e. The number of hydrogen-bond donors (Lipinski definition) is 1. The number of halogens is 2. The highest BCUT2D eigenvalue weighted by atomic mass is 127. The van der Waals surface area contributed by atoms with E-state index in [4.69, 9.17) is 16.3 Å². The molecule has 2 nitrogen and oxygen atoms in total. The zero-order valence-electron chi connectivity index (χ0n) is 12.4. The first-order valence-corrected chi connectivity index (χ1v) is 8.90. The summed E-state index contributed by atoms with van der Waals surface area (Å²) in [7, 11) is 0. The van der Waals surface area contributed by atoms with Crippen LogP contribution in [0.4, 0.5) is 0 Å². The molecule has 2 aromatic rings. The summed E-state index contributed by atoms with van der Waals surface area (Å²) in [6.45, 7) is 7.25. The molecule has 21 heavy (non-hydrogen) atoms. The standard InChI is InChI=1S/C16H19ClINOS/c1-16(2,3)10(9-21)8-20-15-13(18)7-12(17)11-5-4-6-19-14(11)15/h4-7,10,21H,8-9H2,1-3H3. The normalized spacial score (nSPS) is 13.4. The van der Waals surface area contributed by atoms with Crippen LogP contribution in [0.1, 0.15) is 20.8 Å². The molecule has 1 atom stereocenters. The number of thiol groups is 1. The molecule has 1 heterocycles. The van der Waals surface area contributed by atoms with Gasteiger partial charge in [-0.3, -0.25) is 4.98 Å². The summed E-state index contributed by atoms with van der Waals surface area (Å²) in [6.07, 6.45) is 1.77. The maximum Gasteiger partial charge on any atom is 0.158 e. The van der Waals surface area contributed by atoms with Crippen molar-refractivity contribution in [1.29, 1.82) is 0 Å². The number of nitrogens with zero attached hydrogens (tertiary/aromatic N) is 1. The van der Waals surface area contributed by atoms with Gasteiger partial charge in [0, 0.05) is 17.5 Å². The number of pyridine rings is 1. The maximum absolute atomic E-state index is 6.28. The molecule has 0 radical (unpaired) electrons. The molecule has 5 heteroatoms. The fourth-order valence-electron chi connectivity index (χ4n) is 2.04. The van der Waals surface area contributed by atoms with Crippen LogP contribution in [-0.4, -0.2) is 17.3 Å². The number of hydrogen-bond acceptors (Lipinski definition) is 3. The van der Waals surface area contributed by atoms with Crippen molar-refractivity contribution in [1.82, 2.24) is 4.98 Å². The van der Waals surface area contributed by atoms with Crippen molar-refractivity contribution in [2.24, 2.45) is 11.3 Å². The Bertz CT molecular complexity index is 642. The van der Waals surface area contributed by atoms with Crippen LogP contribution in [0.15, 0.2) is 24.4 Å². The van der Waals surface area contributed by atoms with Crippen molar-refractivity contribution in [2.45, 2.75) is 20.8 Å². The van der Waals surface area contributed by atoms with Gasteiger partial charge in [-0.15, -0.1) is 0 Å². The first-order valence-electron chi connectivity index (χ1n) is 6.81. The van der Waals surface area contributed by atoms with Crippen LogP contribution in [0, 0.1) is 14.9 Å². The first-order chi connectivity index (χ1) is 9.84. The second-order valence-corrected chi connectivity index (χ2v) is 8.06. The topological polar surface area (TPSA) is 22.1 Å². The Morgan fingerprint density at radius 2 is 2.14 bits per heavy atom. The highest BCUT2D eigenvalue weighted by Crippen LogP contribution is 2.36. The maximum atomic E-state index is 6.28. The summed E-state index contributed by atoms with van der Waals surface area (Å²) in [5, 5.41) is 1.63. The summed E-state index contributed by atoms with van der Waals surface area (Å²) < 4.78 is 7.09. The molecule has 114 valence electrons. The van der Waals surface area contributed by atoms with Gasteiger partial charge >= 0.3 is 0 Å². The first kappa shape index (κ1) is 17.2. The molecule has 1 aromatic carbocycles. The van der Waals surface area contributed by atoms with E-state index in [1.165, 1.54) is 0 Å². The Hall–Kier alpha value is -0.200. The summed E-state index contributed by atoms with van der Waals surface area (Å²) in [6, 6.07) is 5.78. The Labute approximate surface area is 150 Å². The van der Waals surface area contributed by atoms with E-state index in [0.29, 0.717) is 17.5 Å². The van der Waals surface area contributed by atoms with Crippen LogP contribution in [0.2, 0.25) is 5.02 Å². The number of ether oxygens (including phenoxy) is 1. The molecule has 0 aliphatic carbocycles. The Morgan fingerprint density at radius 1 is 1.43 bits per heavy atom. The molecular formula is C16H19ClINOS. The molecule has 1 aromatic heterocycles. The summed E-state index contributed by atoms with van der Waals surface area (Å²) in [5.41, 5.74) is 0.976. The molecule has 2 rings (SSSR count). The van der Waals surface area contributed by atoms with E-state index >= 15 is 0 Å². The van der Waals surface area contributed by atoms with Crippen molar-refractivity contribution in [3.05, 3.63) is 33.0 Å². The SMILES string of the molecule is CC(C)(C)C(CS)COc1c(I)cc(Cl)c2cccnc12. The number of fused-ring (bicyclic) bond motifs is 1. The Balaban J connectivity index is 2.35. The van der Waals surface area contributed by atoms with Gasteiger partial charge in [0.1, 0.15) is 5.52 Å². The molecule has 0 amide bonds. The van der Waals surface area contributed by atoms with E-state index < -0.39 is 0 Å². The lowest BCUT2D eigenvalue weighted by Crippen LogP contribution is -2.28. The van der Waals surface area contributed by atoms with Crippen molar-refractivity contribution < 1.29 is 4.74 Å². The van der Waals surface area contributed by atoms with E-state index in [1.807, 2.05) is 18.2 Å². The highest BCUT2D eigenvalue weighted by Gasteiger charge is 2.24. The molecule has 0 saturated carbocycles. The lowest BCUT2D eigenvalue weighted by molar-refractivity contribution is 0.166. The van der Waals surface area contributed by atoms with Crippen molar-refractivity contribution in [3.63, 3.8) is 0 Å². The molecule has 0 fully saturated rings. The van der Waals surface area contributed by atoms with E-state index in [0.717, 1.165) is 26.0 Å². The van der Waals surface area contributed by atoms with Gasteiger partial charge in [0.25, 0.3) is 0 Å². The summed E-state index contributed by atoms with van der Waals surface area (Å²) in [5.74, 6) is 1.97. The van der Waals surface area contributed by atoms with Gasteiger partial charge in [0.2, 0.25) is 0 Å². The van der Waals surface area contributed by atoms with Gasteiger partial charge in [-0.2, -0.15) is 12.6 Å². The van der Waals surface area contributed by atoms with Crippen LogP contribution in [-0.2, 0) is 0 Å². The van der Waals surface area contributed by atoms with Crippen LogP contribution >= 0.6 is 46.8 Å². The van der Waals surface area contributed by atoms with Crippen molar-refractivity contribution >= 4 is 57.7 Å². The smallest absolute Gasteiger partial charge is 0.158 e.